The number of rotatable bonds is 7. The number of nitrogens with one attached hydrogen (secondary N) is 1. The average Bonchev–Trinajstić information content (AvgIpc) is 2.72. The first kappa shape index (κ1) is 12.2. The van der Waals surface area contributed by atoms with Crippen molar-refractivity contribution in [2.24, 2.45) is 5.84 Å². The van der Waals surface area contributed by atoms with Crippen LogP contribution in [0.5, 0.6) is 0 Å². The van der Waals surface area contributed by atoms with Crippen molar-refractivity contribution in [2.75, 3.05) is 13.2 Å². The van der Waals surface area contributed by atoms with Gasteiger partial charge >= 0.3 is 0 Å². The van der Waals surface area contributed by atoms with Crippen LogP contribution in [0.25, 0.3) is 0 Å². The first-order valence-electron chi connectivity index (χ1n) is 5.38. The molecule has 0 amide bonds. The monoisotopic (exact) mass is 212 g/mol. The molecule has 0 bridgehead atoms. The summed E-state index contributed by atoms with van der Waals surface area (Å²) in [5, 5.41) is 0. The molecule has 0 radical (unpaired) electrons. The molecule has 5 nitrogen and oxygen atoms in total. The molecule has 1 rings (SSSR count). The van der Waals surface area contributed by atoms with Crippen LogP contribution in [-0.4, -0.2) is 22.8 Å². The van der Waals surface area contributed by atoms with Gasteiger partial charge < -0.3 is 9.30 Å². The molecule has 0 fully saturated rings. The Bertz CT molecular complexity index is 274. The van der Waals surface area contributed by atoms with E-state index in [1.165, 1.54) is 0 Å². The van der Waals surface area contributed by atoms with Crippen molar-refractivity contribution in [3.63, 3.8) is 0 Å². The van der Waals surface area contributed by atoms with Gasteiger partial charge in [-0.2, -0.15) is 0 Å². The molecule has 0 saturated heterocycles. The molecule has 1 atom stereocenters. The Morgan fingerprint density at radius 3 is 3.00 bits per heavy atom. The summed E-state index contributed by atoms with van der Waals surface area (Å²) in [6.07, 6.45) is 4.74. The summed E-state index contributed by atoms with van der Waals surface area (Å²) in [5.74, 6) is 6.41. The quantitative estimate of drug-likeness (QED) is 0.399. The standard InChI is InChI=1S/C10H20N4O/c1-3-7-15-8-9(13-11)10-12-5-6-14(10)4-2/h5-6,9,13H,3-4,7-8,11H2,1-2H3. The van der Waals surface area contributed by atoms with E-state index in [4.69, 9.17) is 10.6 Å². The molecule has 1 aromatic heterocycles. The fourth-order valence-corrected chi connectivity index (χ4v) is 1.44. The molecule has 0 aromatic carbocycles. The van der Waals surface area contributed by atoms with Gasteiger partial charge in [0.2, 0.25) is 0 Å². The van der Waals surface area contributed by atoms with Gasteiger partial charge in [-0.3, -0.25) is 5.84 Å². The van der Waals surface area contributed by atoms with Crippen LogP contribution in [0.1, 0.15) is 32.1 Å². The van der Waals surface area contributed by atoms with Crippen molar-refractivity contribution in [1.82, 2.24) is 15.0 Å². The van der Waals surface area contributed by atoms with E-state index in [0.29, 0.717) is 6.61 Å². The molecule has 1 heterocycles. The third-order valence-corrected chi connectivity index (χ3v) is 2.23. The Kier molecular flexibility index (Phi) is 5.31. The zero-order chi connectivity index (χ0) is 11.1. The number of aryl methyl sites for hydroxylation is 1. The molecule has 0 aliphatic heterocycles. The maximum Gasteiger partial charge on any atom is 0.129 e. The third kappa shape index (κ3) is 3.30. The smallest absolute Gasteiger partial charge is 0.129 e. The van der Waals surface area contributed by atoms with Gasteiger partial charge in [-0.25, -0.2) is 10.4 Å². The van der Waals surface area contributed by atoms with Gasteiger partial charge in [0.25, 0.3) is 0 Å². The predicted molar refractivity (Wildman–Crippen MR) is 59.1 cm³/mol. The topological polar surface area (TPSA) is 65.1 Å². The number of hydrogen-bond donors (Lipinski definition) is 2. The average molecular weight is 212 g/mol. The van der Waals surface area contributed by atoms with E-state index in [1.807, 2.05) is 6.20 Å². The van der Waals surface area contributed by atoms with Crippen molar-refractivity contribution in [3.8, 4) is 0 Å². The molecule has 5 heteroatoms. The van der Waals surface area contributed by atoms with Crippen LogP contribution < -0.4 is 11.3 Å². The van der Waals surface area contributed by atoms with E-state index >= 15 is 0 Å². The Labute approximate surface area is 90.6 Å². The molecule has 15 heavy (non-hydrogen) atoms. The maximum absolute atomic E-state index is 5.49. The second kappa shape index (κ2) is 6.55. The van der Waals surface area contributed by atoms with Crippen LogP contribution in [0.2, 0.25) is 0 Å². The van der Waals surface area contributed by atoms with Gasteiger partial charge in [-0.1, -0.05) is 6.92 Å². The molecular formula is C10H20N4O. The van der Waals surface area contributed by atoms with E-state index in [-0.39, 0.29) is 6.04 Å². The molecule has 0 spiro atoms. The normalized spacial score (nSPS) is 13.0. The lowest BCUT2D eigenvalue weighted by Gasteiger charge is -2.16. The molecule has 3 N–H and O–H groups in total. The summed E-state index contributed by atoms with van der Waals surface area (Å²) in [7, 11) is 0. The number of hydrogen-bond acceptors (Lipinski definition) is 4. The van der Waals surface area contributed by atoms with Crippen LogP contribution >= 0.6 is 0 Å². The Morgan fingerprint density at radius 1 is 1.60 bits per heavy atom. The van der Waals surface area contributed by atoms with Crippen LogP contribution in [0, 0.1) is 0 Å². The van der Waals surface area contributed by atoms with E-state index in [1.54, 1.807) is 6.20 Å². The van der Waals surface area contributed by atoms with Crippen LogP contribution in [-0.2, 0) is 11.3 Å². The summed E-state index contributed by atoms with van der Waals surface area (Å²) in [6, 6.07) is -0.0356. The number of aromatic nitrogens is 2. The van der Waals surface area contributed by atoms with E-state index in [0.717, 1.165) is 25.4 Å². The molecular weight excluding hydrogens is 192 g/mol. The number of imidazole rings is 1. The van der Waals surface area contributed by atoms with Crippen molar-refractivity contribution in [3.05, 3.63) is 18.2 Å². The van der Waals surface area contributed by atoms with Crippen LogP contribution in [0.4, 0.5) is 0 Å². The van der Waals surface area contributed by atoms with Gasteiger partial charge in [0.15, 0.2) is 0 Å². The number of nitrogens with two attached hydrogens (primary N) is 1. The fraction of sp³-hybridized carbons (Fsp3) is 0.700. The third-order valence-electron chi connectivity index (χ3n) is 2.23. The summed E-state index contributed by atoms with van der Waals surface area (Å²) in [5.41, 5.74) is 2.73. The minimum atomic E-state index is -0.0356. The lowest BCUT2D eigenvalue weighted by Crippen LogP contribution is -2.33. The first-order chi connectivity index (χ1) is 7.33. The minimum absolute atomic E-state index is 0.0356. The van der Waals surface area contributed by atoms with Gasteiger partial charge in [-0.15, -0.1) is 0 Å². The largest absolute Gasteiger partial charge is 0.379 e. The first-order valence-corrected chi connectivity index (χ1v) is 5.38. The maximum atomic E-state index is 5.49. The molecule has 1 aromatic rings. The van der Waals surface area contributed by atoms with E-state index in [9.17, 15) is 0 Å². The molecule has 86 valence electrons. The minimum Gasteiger partial charge on any atom is -0.379 e. The van der Waals surface area contributed by atoms with E-state index in [2.05, 4.69) is 28.8 Å². The van der Waals surface area contributed by atoms with Crippen molar-refractivity contribution in [1.29, 1.82) is 0 Å². The van der Waals surface area contributed by atoms with Crippen LogP contribution in [0.3, 0.4) is 0 Å². The van der Waals surface area contributed by atoms with Crippen molar-refractivity contribution in [2.45, 2.75) is 32.9 Å². The number of ether oxygens (including phenoxy) is 1. The van der Waals surface area contributed by atoms with Gasteiger partial charge in [-0.05, 0) is 13.3 Å². The zero-order valence-corrected chi connectivity index (χ0v) is 9.44. The van der Waals surface area contributed by atoms with Crippen LogP contribution in [0.15, 0.2) is 12.4 Å². The van der Waals surface area contributed by atoms with Gasteiger partial charge in [0.1, 0.15) is 11.9 Å². The summed E-state index contributed by atoms with van der Waals surface area (Å²) in [6.45, 7) is 6.36. The highest BCUT2D eigenvalue weighted by molar-refractivity contribution is 4.98. The van der Waals surface area contributed by atoms with Gasteiger partial charge in [0, 0.05) is 25.5 Å². The molecule has 0 aliphatic carbocycles. The summed E-state index contributed by atoms with van der Waals surface area (Å²) < 4.78 is 7.52. The molecule has 0 aliphatic rings. The second-order valence-electron chi connectivity index (χ2n) is 3.37. The Hall–Kier alpha value is -0.910. The second-order valence-corrected chi connectivity index (χ2v) is 3.37. The Morgan fingerprint density at radius 2 is 2.40 bits per heavy atom. The summed E-state index contributed by atoms with van der Waals surface area (Å²) in [4.78, 5) is 4.28. The van der Waals surface area contributed by atoms with Crippen molar-refractivity contribution < 1.29 is 4.74 Å². The SMILES string of the molecule is CCCOCC(NN)c1nccn1CC. The van der Waals surface area contributed by atoms with Crippen molar-refractivity contribution >= 4 is 0 Å². The zero-order valence-electron chi connectivity index (χ0n) is 9.44. The fourth-order valence-electron chi connectivity index (χ4n) is 1.44. The number of nitrogens with zero attached hydrogens (tertiary/aromatic N) is 2. The highest BCUT2D eigenvalue weighted by atomic mass is 16.5. The highest BCUT2D eigenvalue weighted by Gasteiger charge is 2.14. The lowest BCUT2D eigenvalue weighted by atomic mass is 10.3. The predicted octanol–water partition coefficient (Wildman–Crippen LogP) is 0.834. The molecule has 1 unspecified atom stereocenters. The highest BCUT2D eigenvalue weighted by Crippen LogP contribution is 2.10. The summed E-state index contributed by atoms with van der Waals surface area (Å²) >= 11 is 0. The number of hydrazine groups is 1. The van der Waals surface area contributed by atoms with E-state index < -0.39 is 0 Å². The Balaban J connectivity index is 2.57. The molecule has 0 saturated carbocycles. The lowest BCUT2D eigenvalue weighted by molar-refractivity contribution is 0.109. The van der Waals surface area contributed by atoms with Gasteiger partial charge in [0.05, 0.1) is 6.61 Å².